The summed E-state index contributed by atoms with van der Waals surface area (Å²) >= 11 is 7.26. The highest BCUT2D eigenvalue weighted by Crippen LogP contribution is 2.17. The topological polar surface area (TPSA) is 24.1 Å². The molecule has 2 rings (SSSR count). The van der Waals surface area contributed by atoms with E-state index in [9.17, 15) is 0 Å². The molecule has 0 aliphatic rings. The van der Waals surface area contributed by atoms with Gasteiger partial charge in [-0.3, -0.25) is 0 Å². The lowest BCUT2D eigenvalue weighted by atomic mass is 10.0. The number of hydrogen-bond acceptors (Lipinski definition) is 2. The van der Waals surface area contributed by atoms with Crippen LogP contribution in [0, 0.1) is 6.92 Å². The molecule has 0 spiro atoms. The Hall–Kier alpha value is -1.52. The largest absolute Gasteiger partial charge is 0.362 e. The molecular weight excluding hydrogens is 332 g/mol. The fourth-order valence-corrected chi connectivity index (χ4v) is 3.28. The first-order chi connectivity index (χ1) is 11.5. The molecule has 0 aliphatic heterocycles. The highest BCUT2D eigenvalue weighted by atomic mass is 32.2. The zero-order valence-corrected chi connectivity index (χ0v) is 16.3. The molecule has 0 fully saturated rings. The third-order valence-electron chi connectivity index (χ3n) is 3.76. The zero-order chi connectivity index (χ0) is 17.4. The quantitative estimate of drug-likeness (QED) is 0.515. The van der Waals surface area contributed by atoms with Crippen LogP contribution in [0.3, 0.4) is 0 Å². The van der Waals surface area contributed by atoms with Crippen LogP contribution < -0.4 is 10.6 Å². The summed E-state index contributed by atoms with van der Waals surface area (Å²) in [6, 6.07) is 17.2. The van der Waals surface area contributed by atoms with Crippen LogP contribution in [0.15, 0.2) is 48.5 Å². The van der Waals surface area contributed by atoms with Crippen LogP contribution in [0.2, 0.25) is 0 Å². The lowest BCUT2D eigenvalue weighted by Crippen LogP contribution is -2.30. The number of nitrogens with one attached hydrogen (secondary N) is 2. The van der Waals surface area contributed by atoms with E-state index in [1.165, 1.54) is 16.7 Å². The monoisotopic (exact) mass is 358 g/mol. The first-order valence-electron chi connectivity index (χ1n) is 8.32. The summed E-state index contributed by atoms with van der Waals surface area (Å²) in [5.74, 6) is 2.62. The number of aryl methyl sites for hydroxylation is 1. The molecule has 0 atom stereocenters. The van der Waals surface area contributed by atoms with Crippen molar-refractivity contribution in [1.82, 2.24) is 5.32 Å². The summed E-state index contributed by atoms with van der Waals surface area (Å²) in [5.41, 5.74) is 5.05. The average Bonchev–Trinajstić information content (AvgIpc) is 2.56. The Morgan fingerprint density at radius 1 is 1.04 bits per heavy atom. The summed E-state index contributed by atoms with van der Waals surface area (Å²) in [6.07, 6.45) is 0. The third-order valence-corrected chi connectivity index (χ3v) is 5.03. The van der Waals surface area contributed by atoms with Gasteiger partial charge in [0.15, 0.2) is 5.11 Å². The van der Waals surface area contributed by atoms with Gasteiger partial charge in [-0.2, -0.15) is 11.8 Å². The van der Waals surface area contributed by atoms with Crippen LogP contribution in [0.5, 0.6) is 0 Å². The van der Waals surface area contributed by atoms with E-state index < -0.39 is 0 Å². The van der Waals surface area contributed by atoms with Crippen molar-refractivity contribution in [2.75, 3.05) is 17.6 Å². The molecule has 0 heterocycles. The van der Waals surface area contributed by atoms with Crippen LogP contribution >= 0.6 is 24.0 Å². The fourth-order valence-electron chi connectivity index (χ4n) is 2.24. The fraction of sp³-hybridized carbons (Fsp3) is 0.350. The minimum absolute atomic E-state index is 0.551. The van der Waals surface area contributed by atoms with Crippen molar-refractivity contribution in [2.24, 2.45) is 0 Å². The molecule has 0 saturated heterocycles. The number of benzene rings is 2. The zero-order valence-electron chi connectivity index (χ0n) is 14.6. The number of thioether (sulfide) groups is 1. The van der Waals surface area contributed by atoms with Crippen molar-refractivity contribution in [2.45, 2.75) is 32.4 Å². The Morgan fingerprint density at radius 3 is 2.33 bits per heavy atom. The Bertz CT molecular complexity index is 634. The van der Waals surface area contributed by atoms with Gasteiger partial charge in [-0.15, -0.1) is 0 Å². The number of hydrogen-bond donors (Lipinski definition) is 2. The van der Waals surface area contributed by atoms with Gasteiger partial charge >= 0.3 is 0 Å². The number of thiocarbonyl (C=S) groups is 1. The van der Waals surface area contributed by atoms with E-state index in [0.717, 1.165) is 23.7 Å². The van der Waals surface area contributed by atoms with Crippen molar-refractivity contribution in [3.05, 3.63) is 65.2 Å². The van der Waals surface area contributed by atoms with Gasteiger partial charge in [0.1, 0.15) is 0 Å². The number of rotatable bonds is 7. The summed E-state index contributed by atoms with van der Waals surface area (Å²) in [5, 5.41) is 7.18. The second-order valence-corrected chi connectivity index (χ2v) is 7.71. The van der Waals surface area contributed by atoms with Gasteiger partial charge in [-0.05, 0) is 48.3 Å². The normalized spacial score (nSPS) is 10.7. The van der Waals surface area contributed by atoms with Gasteiger partial charge in [0.2, 0.25) is 0 Å². The van der Waals surface area contributed by atoms with Crippen molar-refractivity contribution < 1.29 is 0 Å². The first kappa shape index (κ1) is 18.8. The summed E-state index contributed by atoms with van der Waals surface area (Å²) < 4.78 is 0. The lowest BCUT2D eigenvalue weighted by Gasteiger charge is -2.12. The molecule has 0 unspecified atom stereocenters. The summed E-state index contributed by atoms with van der Waals surface area (Å²) in [6.45, 7) is 7.38. The maximum Gasteiger partial charge on any atom is 0.170 e. The average molecular weight is 359 g/mol. The molecule has 2 nitrogen and oxygen atoms in total. The molecule has 24 heavy (non-hydrogen) atoms. The van der Waals surface area contributed by atoms with Crippen LogP contribution in [0.4, 0.5) is 5.69 Å². The molecular formula is C20H26N2S2. The molecule has 0 saturated carbocycles. The van der Waals surface area contributed by atoms with E-state index in [2.05, 4.69) is 79.9 Å². The van der Waals surface area contributed by atoms with Gasteiger partial charge in [-0.25, -0.2) is 0 Å². The van der Waals surface area contributed by atoms with E-state index in [4.69, 9.17) is 12.2 Å². The molecule has 2 aromatic carbocycles. The molecule has 0 bridgehead atoms. The Kier molecular flexibility index (Phi) is 7.60. The molecule has 0 radical (unpaired) electrons. The highest BCUT2D eigenvalue weighted by molar-refractivity contribution is 7.98. The minimum atomic E-state index is 0.551. The van der Waals surface area contributed by atoms with E-state index in [0.29, 0.717) is 11.0 Å². The van der Waals surface area contributed by atoms with Crippen molar-refractivity contribution in [3.8, 4) is 0 Å². The van der Waals surface area contributed by atoms with Gasteiger partial charge < -0.3 is 10.6 Å². The SMILES string of the molecule is Cc1ccc(CSCCNC(=S)Nc2ccc(C(C)C)cc2)cc1. The maximum atomic E-state index is 5.35. The summed E-state index contributed by atoms with van der Waals surface area (Å²) in [7, 11) is 0. The van der Waals surface area contributed by atoms with Gasteiger partial charge in [-0.1, -0.05) is 55.8 Å². The summed E-state index contributed by atoms with van der Waals surface area (Å²) in [4.78, 5) is 0. The minimum Gasteiger partial charge on any atom is -0.362 e. The lowest BCUT2D eigenvalue weighted by molar-refractivity contribution is 0.867. The van der Waals surface area contributed by atoms with Gasteiger partial charge in [0, 0.05) is 23.7 Å². The number of anilines is 1. The first-order valence-corrected chi connectivity index (χ1v) is 9.89. The third kappa shape index (κ3) is 6.54. The van der Waals surface area contributed by atoms with E-state index in [-0.39, 0.29) is 0 Å². The molecule has 0 aliphatic carbocycles. The molecule has 2 aromatic rings. The molecule has 0 amide bonds. The smallest absolute Gasteiger partial charge is 0.170 e. The van der Waals surface area contributed by atoms with E-state index in [1.54, 1.807) is 0 Å². The van der Waals surface area contributed by atoms with Crippen LogP contribution in [-0.2, 0) is 5.75 Å². The molecule has 0 aromatic heterocycles. The van der Waals surface area contributed by atoms with Crippen molar-refractivity contribution >= 4 is 34.8 Å². The Labute approximate surface area is 155 Å². The second-order valence-electron chi connectivity index (χ2n) is 6.20. The molecule has 128 valence electrons. The van der Waals surface area contributed by atoms with Gasteiger partial charge in [0.25, 0.3) is 0 Å². The predicted octanol–water partition coefficient (Wildman–Crippen LogP) is 5.34. The second kappa shape index (κ2) is 9.70. The standard InChI is InChI=1S/C20H26N2S2/c1-15(2)18-8-10-19(11-9-18)22-20(23)21-12-13-24-14-17-6-4-16(3)5-7-17/h4-11,15H,12-14H2,1-3H3,(H2,21,22,23). The molecule has 4 heteroatoms. The molecule has 2 N–H and O–H groups in total. The Morgan fingerprint density at radius 2 is 1.71 bits per heavy atom. The van der Waals surface area contributed by atoms with Crippen molar-refractivity contribution in [1.29, 1.82) is 0 Å². The van der Waals surface area contributed by atoms with Crippen LogP contribution in [0.1, 0.15) is 36.5 Å². The highest BCUT2D eigenvalue weighted by Gasteiger charge is 2.01. The Balaban J connectivity index is 1.63. The van der Waals surface area contributed by atoms with Crippen LogP contribution in [0.25, 0.3) is 0 Å². The predicted molar refractivity (Wildman–Crippen MR) is 112 cm³/mol. The van der Waals surface area contributed by atoms with Crippen molar-refractivity contribution in [3.63, 3.8) is 0 Å². The van der Waals surface area contributed by atoms with E-state index in [1.807, 2.05) is 11.8 Å². The van der Waals surface area contributed by atoms with Gasteiger partial charge in [0.05, 0.1) is 0 Å². The maximum absolute atomic E-state index is 5.35. The van der Waals surface area contributed by atoms with Crippen LogP contribution in [-0.4, -0.2) is 17.4 Å². The van der Waals surface area contributed by atoms with E-state index >= 15 is 0 Å².